The number of anilines is 1. The van der Waals surface area contributed by atoms with Crippen LogP contribution >= 0.6 is 0 Å². The van der Waals surface area contributed by atoms with Gasteiger partial charge in [-0.1, -0.05) is 12.1 Å². The fourth-order valence-corrected chi connectivity index (χ4v) is 3.74. The summed E-state index contributed by atoms with van der Waals surface area (Å²) in [6.45, 7) is 3.10. The van der Waals surface area contributed by atoms with E-state index in [0.29, 0.717) is 18.8 Å². The number of nitrogens with zero attached hydrogens (tertiary/aromatic N) is 3. The average Bonchev–Trinajstić information content (AvgIpc) is 3.39. The van der Waals surface area contributed by atoms with E-state index in [0.717, 1.165) is 30.9 Å². The number of nitrogens with one attached hydrogen (secondary N) is 1. The van der Waals surface area contributed by atoms with Gasteiger partial charge in [0, 0.05) is 32.2 Å². The first-order valence-electron chi connectivity index (χ1n) is 9.44. The molecule has 6 nitrogen and oxygen atoms in total. The van der Waals surface area contributed by atoms with Crippen molar-refractivity contribution in [2.45, 2.75) is 25.4 Å². The predicted molar refractivity (Wildman–Crippen MR) is 99.0 cm³/mol. The Morgan fingerprint density at radius 1 is 1.15 bits per heavy atom. The molecule has 0 bridgehead atoms. The topological polar surface area (TPSA) is 67.3 Å². The number of carbonyl (C=O) groups is 1. The molecule has 2 saturated heterocycles. The first kappa shape index (κ1) is 17.9. The maximum atomic E-state index is 13.1. The highest BCUT2D eigenvalue weighted by molar-refractivity contribution is 5.92. The van der Waals surface area contributed by atoms with E-state index in [-0.39, 0.29) is 23.7 Å². The molecule has 2 aromatic rings. The van der Waals surface area contributed by atoms with Crippen molar-refractivity contribution in [1.82, 2.24) is 15.5 Å². The van der Waals surface area contributed by atoms with E-state index in [2.05, 4.69) is 20.4 Å². The van der Waals surface area contributed by atoms with Gasteiger partial charge >= 0.3 is 0 Å². The number of carbonyl (C=O) groups excluding carboxylic acids is 1. The van der Waals surface area contributed by atoms with Crippen LogP contribution in [0.5, 0.6) is 0 Å². The summed E-state index contributed by atoms with van der Waals surface area (Å²) >= 11 is 0. The molecule has 0 saturated carbocycles. The fourth-order valence-electron chi connectivity index (χ4n) is 3.74. The fraction of sp³-hybridized carbons (Fsp3) is 0.450. The van der Waals surface area contributed by atoms with Crippen LogP contribution in [-0.4, -0.2) is 42.3 Å². The number of benzene rings is 1. The van der Waals surface area contributed by atoms with E-state index in [4.69, 9.17) is 4.74 Å². The Kier molecular flexibility index (Phi) is 5.29. The Morgan fingerprint density at radius 3 is 2.63 bits per heavy atom. The molecule has 0 aliphatic carbocycles. The number of amides is 1. The average molecular weight is 370 g/mol. The van der Waals surface area contributed by atoms with Crippen LogP contribution in [0.25, 0.3) is 0 Å². The molecule has 2 aliphatic rings. The zero-order valence-corrected chi connectivity index (χ0v) is 15.1. The van der Waals surface area contributed by atoms with Gasteiger partial charge in [-0.25, -0.2) is 4.39 Å². The Hall–Kier alpha value is -2.54. The number of hydrogen-bond donors (Lipinski definition) is 1. The van der Waals surface area contributed by atoms with E-state index >= 15 is 0 Å². The largest absolute Gasteiger partial charge is 0.373 e. The van der Waals surface area contributed by atoms with Crippen molar-refractivity contribution in [1.29, 1.82) is 0 Å². The van der Waals surface area contributed by atoms with Gasteiger partial charge in [-0.15, -0.1) is 10.2 Å². The smallest absolute Gasteiger partial charge is 0.271 e. The van der Waals surface area contributed by atoms with E-state index in [1.54, 1.807) is 18.2 Å². The van der Waals surface area contributed by atoms with Crippen LogP contribution in [0.2, 0.25) is 0 Å². The van der Waals surface area contributed by atoms with E-state index in [1.165, 1.54) is 25.0 Å². The quantitative estimate of drug-likeness (QED) is 0.877. The summed E-state index contributed by atoms with van der Waals surface area (Å²) in [5.41, 5.74) is 1.25. The van der Waals surface area contributed by atoms with Crippen LogP contribution in [0.4, 0.5) is 10.2 Å². The number of aromatic nitrogens is 2. The predicted octanol–water partition coefficient (Wildman–Crippen LogP) is 2.72. The molecule has 1 aromatic heterocycles. The van der Waals surface area contributed by atoms with Crippen molar-refractivity contribution in [2.75, 3.05) is 31.1 Å². The van der Waals surface area contributed by atoms with Gasteiger partial charge in [0.25, 0.3) is 5.91 Å². The number of ether oxygens (including phenoxy) is 1. The molecule has 0 unspecified atom stereocenters. The minimum atomic E-state index is -0.266. The Bertz CT molecular complexity index is 776. The molecular formula is C20H23FN4O2. The molecule has 27 heavy (non-hydrogen) atoms. The van der Waals surface area contributed by atoms with Gasteiger partial charge in [-0.2, -0.15) is 0 Å². The lowest BCUT2D eigenvalue weighted by atomic mass is 9.95. The molecule has 7 heteroatoms. The number of hydrogen-bond acceptors (Lipinski definition) is 5. The second-order valence-electron chi connectivity index (χ2n) is 7.07. The molecule has 3 heterocycles. The van der Waals surface area contributed by atoms with E-state index in [9.17, 15) is 9.18 Å². The third kappa shape index (κ3) is 4.08. The minimum Gasteiger partial charge on any atom is -0.373 e. The SMILES string of the molecule is O=C(NC[C@@H]1CCO[C@H]1c1ccc(F)cc1)c1ccc(N2CCCC2)nn1. The summed E-state index contributed by atoms with van der Waals surface area (Å²) in [6, 6.07) is 9.92. The van der Waals surface area contributed by atoms with Crippen LogP contribution in [0.1, 0.15) is 41.4 Å². The maximum Gasteiger partial charge on any atom is 0.271 e. The van der Waals surface area contributed by atoms with Crippen molar-refractivity contribution in [3.8, 4) is 0 Å². The molecule has 0 radical (unpaired) electrons. The van der Waals surface area contributed by atoms with E-state index in [1.807, 2.05) is 6.07 Å². The van der Waals surface area contributed by atoms with Gasteiger partial charge < -0.3 is 15.0 Å². The molecule has 0 spiro atoms. The van der Waals surface area contributed by atoms with Crippen LogP contribution < -0.4 is 10.2 Å². The first-order valence-corrected chi connectivity index (χ1v) is 9.44. The van der Waals surface area contributed by atoms with Crippen molar-refractivity contribution < 1.29 is 13.9 Å². The first-order chi connectivity index (χ1) is 13.2. The maximum absolute atomic E-state index is 13.1. The monoisotopic (exact) mass is 370 g/mol. The molecule has 1 N–H and O–H groups in total. The lowest BCUT2D eigenvalue weighted by molar-refractivity contribution is 0.0843. The van der Waals surface area contributed by atoms with Crippen molar-refractivity contribution >= 4 is 11.7 Å². The number of halogens is 1. The highest BCUT2D eigenvalue weighted by atomic mass is 19.1. The van der Waals surface area contributed by atoms with E-state index < -0.39 is 0 Å². The highest BCUT2D eigenvalue weighted by Crippen LogP contribution is 2.34. The molecule has 2 aliphatic heterocycles. The van der Waals surface area contributed by atoms with Gasteiger partial charge in [0.1, 0.15) is 5.82 Å². The second-order valence-corrected chi connectivity index (χ2v) is 7.07. The van der Waals surface area contributed by atoms with Crippen molar-refractivity contribution in [3.63, 3.8) is 0 Å². The zero-order chi connectivity index (χ0) is 18.6. The summed E-state index contributed by atoms with van der Waals surface area (Å²) in [5, 5.41) is 11.2. The molecule has 2 atom stereocenters. The van der Waals surface area contributed by atoms with Crippen molar-refractivity contribution in [2.24, 2.45) is 5.92 Å². The molecule has 2 fully saturated rings. The lowest BCUT2D eigenvalue weighted by Gasteiger charge is -2.19. The third-order valence-corrected chi connectivity index (χ3v) is 5.25. The number of rotatable bonds is 5. The minimum absolute atomic E-state index is 0.130. The molecule has 1 aromatic carbocycles. The zero-order valence-electron chi connectivity index (χ0n) is 15.1. The van der Waals surface area contributed by atoms with Crippen LogP contribution in [0, 0.1) is 11.7 Å². The van der Waals surface area contributed by atoms with Crippen LogP contribution in [0.15, 0.2) is 36.4 Å². The van der Waals surface area contributed by atoms with Crippen LogP contribution in [0.3, 0.4) is 0 Å². The normalized spacial score (nSPS) is 22.2. The summed E-state index contributed by atoms with van der Waals surface area (Å²) < 4.78 is 18.9. The highest BCUT2D eigenvalue weighted by Gasteiger charge is 2.30. The summed E-state index contributed by atoms with van der Waals surface area (Å²) in [6.07, 6.45) is 3.06. The molecule has 1 amide bonds. The summed E-state index contributed by atoms with van der Waals surface area (Å²) in [7, 11) is 0. The van der Waals surface area contributed by atoms with Gasteiger partial charge in [0.15, 0.2) is 11.5 Å². The lowest BCUT2D eigenvalue weighted by Crippen LogP contribution is -2.31. The van der Waals surface area contributed by atoms with Gasteiger partial charge in [0.05, 0.1) is 6.10 Å². The standard InChI is InChI=1S/C20H23FN4O2/c21-16-5-3-14(4-6-16)19-15(9-12-27-19)13-22-20(26)17-7-8-18(24-23-17)25-10-1-2-11-25/h3-8,15,19H,1-2,9-13H2,(H,22,26)/t15-,19-/m0/s1. The third-order valence-electron chi connectivity index (χ3n) is 5.25. The van der Waals surface area contributed by atoms with Crippen LogP contribution in [-0.2, 0) is 4.74 Å². The second kappa shape index (κ2) is 8.00. The molecule has 142 valence electrons. The van der Waals surface area contributed by atoms with Gasteiger partial charge in [-0.3, -0.25) is 4.79 Å². The van der Waals surface area contributed by atoms with Gasteiger partial charge in [-0.05, 0) is 49.1 Å². The summed E-state index contributed by atoms with van der Waals surface area (Å²) in [5.74, 6) is 0.471. The molecule has 4 rings (SSSR count). The van der Waals surface area contributed by atoms with Crippen molar-refractivity contribution in [3.05, 3.63) is 53.5 Å². The Morgan fingerprint density at radius 2 is 1.93 bits per heavy atom. The Balaban J connectivity index is 1.34. The summed E-state index contributed by atoms with van der Waals surface area (Å²) in [4.78, 5) is 14.6. The van der Waals surface area contributed by atoms with Gasteiger partial charge in [0.2, 0.25) is 0 Å². The Labute approximate surface area is 157 Å². The molecular weight excluding hydrogens is 347 g/mol.